The molecule has 6 nitrogen and oxygen atoms in total. The molecule has 0 amide bonds. The number of hydrogen-bond donors (Lipinski definition) is 2. The molecule has 0 aliphatic carbocycles. The molecular formula is C9H16N4O2S3. The lowest BCUT2D eigenvalue weighted by molar-refractivity contribution is 0.598. The van der Waals surface area contributed by atoms with Crippen molar-refractivity contribution in [2.45, 2.75) is 32.4 Å². The Hall–Kier alpha value is -0.800. The summed E-state index contributed by atoms with van der Waals surface area (Å²) in [6.07, 6.45) is 0.768. The highest BCUT2D eigenvalue weighted by Gasteiger charge is 2.24. The van der Waals surface area contributed by atoms with E-state index in [1.807, 2.05) is 0 Å². The summed E-state index contributed by atoms with van der Waals surface area (Å²) in [6, 6.07) is 0. The highest BCUT2D eigenvalue weighted by atomic mass is 32.2. The average Bonchev–Trinajstić information content (AvgIpc) is 2.62. The molecule has 1 atom stereocenters. The Labute approximate surface area is 116 Å². The van der Waals surface area contributed by atoms with Gasteiger partial charge < -0.3 is 5.73 Å². The molecule has 0 fully saturated rings. The minimum absolute atomic E-state index is 0.0746. The molecule has 0 bridgehead atoms. The first-order chi connectivity index (χ1) is 8.22. The van der Waals surface area contributed by atoms with Crippen LogP contribution in [0.5, 0.6) is 0 Å². The number of aromatic nitrogens is 2. The Morgan fingerprint density at radius 2 is 2.06 bits per heavy atom. The molecule has 1 rings (SSSR count). The molecule has 18 heavy (non-hydrogen) atoms. The fourth-order valence-corrected chi connectivity index (χ4v) is 3.55. The van der Waals surface area contributed by atoms with E-state index in [0.717, 1.165) is 11.4 Å². The van der Waals surface area contributed by atoms with E-state index in [4.69, 9.17) is 5.73 Å². The second-order valence-corrected chi connectivity index (χ2v) is 7.83. The van der Waals surface area contributed by atoms with Gasteiger partial charge in [0.2, 0.25) is 15.2 Å². The third kappa shape index (κ3) is 4.14. The lowest BCUT2D eigenvalue weighted by Gasteiger charge is -2.10. The monoisotopic (exact) mass is 308 g/mol. The smallest absolute Gasteiger partial charge is 0.243 e. The van der Waals surface area contributed by atoms with Crippen LogP contribution in [0.3, 0.4) is 0 Å². The van der Waals surface area contributed by atoms with Gasteiger partial charge in [-0.2, -0.15) is 0 Å². The summed E-state index contributed by atoms with van der Waals surface area (Å²) < 4.78 is 26.0. The van der Waals surface area contributed by atoms with Gasteiger partial charge in [-0.25, -0.2) is 8.42 Å². The Balaban J connectivity index is 2.79. The zero-order chi connectivity index (χ0) is 13.9. The molecule has 0 aromatic carbocycles. The standard InChI is InChI=1S/C9H16N4O2S3/c1-5(2)4-7-11-12-9(17-7)13-18(14,15)6(3)8(10)16/h5-6H,4H2,1-3H3,(H2,10,16)(H,12,13). The van der Waals surface area contributed by atoms with Gasteiger partial charge in [0.25, 0.3) is 0 Å². The summed E-state index contributed by atoms with van der Waals surface area (Å²) in [5, 5.41) is 7.81. The maximum Gasteiger partial charge on any atom is 0.243 e. The summed E-state index contributed by atoms with van der Waals surface area (Å²) in [5.74, 6) is 0.443. The van der Waals surface area contributed by atoms with Crippen LogP contribution in [0.15, 0.2) is 0 Å². The van der Waals surface area contributed by atoms with Gasteiger partial charge >= 0.3 is 0 Å². The van der Waals surface area contributed by atoms with Crippen molar-refractivity contribution in [2.24, 2.45) is 11.7 Å². The van der Waals surface area contributed by atoms with Crippen LogP contribution in [-0.2, 0) is 16.4 Å². The number of hydrogen-bond acceptors (Lipinski definition) is 6. The molecule has 1 aromatic rings. The number of anilines is 1. The molecule has 0 saturated carbocycles. The minimum atomic E-state index is -3.64. The topological polar surface area (TPSA) is 98.0 Å². The maximum atomic E-state index is 11.8. The van der Waals surface area contributed by atoms with E-state index in [1.54, 1.807) is 0 Å². The van der Waals surface area contributed by atoms with E-state index in [2.05, 4.69) is 41.0 Å². The van der Waals surface area contributed by atoms with E-state index < -0.39 is 15.3 Å². The number of nitrogens with two attached hydrogens (primary N) is 1. The SMILES string of the molecule is CC(C)Cc1nnc(NS(=O)(=O)C(C)C(N)=S)s1. The molecule has 0 radical (unpaired) electrons. The van der Waals surface area contributed by atoms with Crippen LogP contribution in [0.1, 0.15) is 25.8 Å². The van der Waals surface area contributed by atoms with Gasteiger partial charge in [0, 0.05) is 6.42 Å². The van der Waals surface area contributed by atoms with Gasteiger partial charge in [-0.05, 0) is 12.8 Å². The Morgan fingerprint density at radius 1 is 1.44 bits per heavy atom. The van der Waals surface area contributed by atoms with Crippen LogP contribution < -0.4 is 10.5 Å². The van der Waals surface area contributed by atoms with Crippen molar-refractivity contribution in [3.05, 3.63) is 5.01 Å². The molecule has 1 aromatic heterocycles. The number of nitrogens with zero attached hydrogens (tertiary/aromatic N) is 2. The summed E-state index contributed by atoms with van der Waals surface area (Å²) >= 11 is 5.89. The van der Waals surface area contributed by atoms with Crippen molar-refractivity contribution in [3.8, 4) is 0 Å². The summed E-state index contributed by atoms with van der Waals surface area (Å²) in [7, 11) is -3.64. The van der Waals surface area contributed by atoms with Crippen molar-refractivity contribution in [1.82, 2.24) is 10.2 Å². The number of sulfonamides is 1. The summed E-state index contributed by atoms with van der Waals surface area (Å²) in [6.45, 7) is 5.54. The Kier molecular flexibility index (Phi) is 5.00. The molecule has 0 aliphatic heterocycles. The van der Waals surface area contributed by atoms with Crippen LogP contribution in [-0.4, -0.2) is 28.9 Å². The van der Waals surface area contributed by atoms with Crippen LogP contribution >= 0.6 is 23.6 Å². The van der Waals surface area contributed by atoms with Crippen LogP contribution in [0.4, 0.5) is 5.13 Å². The number of thiocarbonyl (C=S) groups is 1. The normalized spacial score (nSPS) is 13.6. The predicted octanol–water partition coefficient (Wildman–Crippen LogP) is 1.15. The third-order valence-electron chi connectivity index (χ3n) is 2.15. The van der Waals surface area contributed by atoms with Gasteiger partial charge in [-0.1, -0.05) is 37.4 Å². The van der Waals surface area contributed by atoms with Crippen LogP contribution in [0, 0.1) is 5.92 Å². The fraction of sp³-hybridized carbons (Fsp3) is 0.667. The first kappa shape index (κ1) is 15.3. The van der Waals surface area contributed by atoms with Crippen molar-refractivity contribution < 1.29 is 8.42 Å². The first-order valence-electron chi connectivity index (χ1n) is 5.35. The zero-order valence-corrected chi connectivity index (χ0v) is 12.8. The molecule has 0 spiro atoms. The van der Waals surface area contributed by atoms with E-state index in [9.17, 15) is 8.42 Å². The summed E-state index contributed by atoms with van der Waals surface area (Å²) in [5.41, 5.74) is 5.33. The fourth-order valence-electron chi connectivity index (χ4n) is 1.09. The first-order valence-corrected chi connectivity index (χ1v) is 8.13. The van der Waals surface area contributed by atoms with E-state index >= 15 is 0 Å². The molecule has 102 valence electrons. The van der Waals surface area contributed by atoms with E-state index in [0.29, 0.717) is 5.92 Å². The van der Waals surface area contributed by atoms with Gasteiger partial charge in [-0.3, -0.25) is 4.72 Å². The lowest BCUT2D eigenvalue weighted by Crippen LogP contribution is -2.35. The molecule has 1 heterocycles. The predicted molar refractivity (Wildman–Crippen MR) is 77.2 cm³/mol. The third-order valence-corrected chi connectivity index (χ3v) is 5.30. The number of nitrogens with one attached hydrogen (secondary N) is 1. The molecule has 1 unspecified atom stereocenters. The second kappa shape index (κ2) is 5.89. The highest BCUT2D eigenvalue weighted by molar-refractivity contribution is 7.95. The Bertz CT molecular complexity index is 524. The molecule has 3 N–H and O–H groups in total. The Morgan fingerprint density at radius 3 is 2.56 bits per heavy atom. The largest absolute Gasteiger partial charge is 0.392 e. The maximum absolute atomic E-state index is 11.8. The van der Waals surface area contributed by atoms with Gasteiger partial charge in [0.15, 0.2) is 0 Å². The highest BCUT2D eigenvalue weighted by Crippen LogP contribution is 2.20. The summed E-state index contributed by atoms with van der Waals surface area (Å²) in [4.78, 5) is -0.0746. The van der Waals surface area contributed by atoms with Crippen molar-refractivity contribution in [1.29, 1.82) is 0 Å². The van der Waals surface area contributed by atoms with Gasteiger partial charge in [-0.15, -0.1) is 10.2 Å². The van der Waals surface area contributed by atoms with Crippen molar-refractivity contribution >= 4 is 43.7 Å². The van der Waals surface area contributed by atoms with Gasteiger partial charge in [0.05, 0.1) is 4.99 Å². The van der Waals surface area contributed by atoms with Crippen LogP contribution in [0.2, 0.25) is 0 Å². The molecule has 0 aliphatic rings. The van der Waals surface area contributed by atoms with E-state index in [1.165, 1.54) is 18.3 Å². The minimum Gasteiger partial charge on any atom is -0.392 e. The quantitative estimate of drug-likeness (QED) is 0.765. The van der Waals surface area contributed by atoms with Crippen molar-refractivity contribution in [2.75, 3.05) is 4.72 Å². The lowest BCUT2D eigenvalue weighted by atomic mass is 10.1. The van der Waals surface area contributed by atoms with E-state index in [-0.39, 0.29) is 10.1 Å². The molecule has 9 heteroatoms. The molecular weight excluding hydrogens is 292 g/mol. The zero-order valence-electron chi connectivity index (χ0n) is 10.4. The van der Waals surface area contributed by atoms with Crippen LogP contribution in [0.25, 0.3) is 0 Å². The second-order valence-electron chi connectivity index (χ2n) is 4.29. The number of rotatable bonds is 6. The van der Waals surface area contributed by atoms with Gasteiger partial charge in [0.1, 0.15) is 10.3 Å². The van der Waals surface area contributed by atoms with Crippen molar-refractivity contribution in [3.63, 3.8) is 0 Å². The molecule has 0 saturated heterocycles. The average molecular weight is 308 g/mol.